The van der Waals surface area contributed by atoms with Crippen LogP contribution in [0, 0.1) is 5.41 Å². The first kappa shape index (κ1) is 15.1. The van der Waals surface area contributed by atoms with E-state index in [2.05, 4.69) is 54.4 Å². The second-order valence-corrected chi connectivity index (χ2v) is 7.23. The maximum Gasteiger partial charge on any atom is 0.0473 e. The van der Waals surface area contributed by atoms with Crippen molar-refractivity contribution < 1.29 is 0 Å². The summed E-state index contributed by atoms with van der Waals surface area (Å²) in [4.78, 5) is 2.77. The Kier molecular flexibility index (Phi) is 4.66. The van der Waals surface area contributed by atoms with Crippen LogP contribution in [0.5, 0.6) is 0 Å². The molecular weight excluding hydrogens is 256 g/mol. The predicted octanol–water partition coefficient (Wildman–Crippen LogP) is 3.99. The summed E-state index contributed by atoms with van der Waals surface area (Å²) in [7, 11) is 0. The van der Waals surface area contributed by atoms with Crippen LogP contribution in [0.4, 0.5) is 0 Å². The summed E-state index contributed by atoms with van der Waals surface area (Å²) in [5, 5.41) is 3.67. The van der Waals surface area contributed by atoms with Gasteiger partial charge in [-0.25, -0.2) is 0 Å². The Morgan fingerprint density at radius 3 is 2.57 bits per heavy atom. The molecule has 2 fully saturated rings. The Morgan fingerprint density at radius 1 is 1.19 bits per heavy atom. The summed E-state index contributed by atoms with van der Waals surface area (Å²) in [6.07, 6.45) is 7.08. The molecule has 0 amide bonds. The van der Waals surface area contributed by atoms with Crippen molar-refractivity contribution in [3.63, 3.8) is 0 Å². The fraction of sp³-hybridized carbons (Fsp3) is 0.684. The van der Waals surface area contributed by atoms with Crippen molar-refractivity contribution in [3.05, 3.63) is 35.9 Å². The van der Waals surface area contributed by atoms with Gasteiger partial charge >= 0.3 is 0 Å². The average Bonchev–Trinajstić information content (AvgIpc) is 2.97. The monoisotopic (exact) mass is 286 g/mol. The molecule has 1 N–H and O–H groups in total. The van der Waals surface area contributed by atoms with Crippen molar-refractivity contribution in [3.8, 4) is 0 Å². The molecule has 21 heavy (non-hydrogen) atoms. The lowest BCUT2D eigenvalue weighted by Gasteiger charge is -2.44. The van der Waals surface area contributed by atoms with Gasteiger partial charge in [-0.15, -0.1) is 0 Å². The molecule has 2 nitrogen and oxygen atoms in total. The Balaban J connectivity index is 1.78. The number of rotatable bonds is 4. The van der Waals surface area contributed by atoms with Crippen molar-refractivity contribution in [1.29, 1.82) is 0 Å². The first-order valence-corrected chi connectivity index (χ1v) is 8.75. The van der Waals surface area contributed by atoms with Crippen molar-refractivity contribution in [2.75, 3.05) is 19.6 Å². The van der Waals surface area contributed by atoms with Gasteiger partial charge in [-0.2, -0.15) is 0 Å². The summed E-state index contributed by atoms with van der Waals surface area (Å²) in [6, 6.07) is 12.2. The Labute approximate surface area is 129 Å². The molecule has 0 radical (unpaired) electrons. The fourth-order valence-corrected chi connectivity index (χ4v) is 4.34. The van der Waals surface area contributed by atoms with Crippen LogP contribution in [0.1, 0.15) is 57.6 Å². The second-order valence-electron chi connectivity index (χ2n) is 7.23. The van der Waals surface area contributed by atoms with Gasteiger partial charge in [0.05, 0.1) is 0 Å². The van der Waals surface area contributed by atoms with Gasteiger partial charge in [-0.1, -0.05) is 50.1 Å². The third-order valence-electron chi connectivity index (χ3n) is 5.75. The van der Waals surface area contributed by atoms with Crippen LogP contribution < -0.4 is 5.32 Å². The van der Waals surface area contributed by atoms with Crippen LogP contribution in [-0.4, -0.2) is 30.6 Å². The van der Waals surface area contributed by atoms with E-state index < -0.39 is 0 Å². The maximum atomic E-state index is 3.67. The molecule has 0 spiro atoms. The molecule has 2 heteroatoms. The van der Waals surface area contributed by atoms with Gasteiger partial charge in [-0.05, 0) is 37.2 Å². The van der Waals surface area contributed by atoms with Gasteiger partial charge in [0.1, 0.15) is 0 Å². The normalized spacial score (nSPS) is 29.6. The van der Waals surface area contributed by atoms with E-state index in [0.29, 0.717) is 17.5 Å². The van der Waals surface area contributed by atoms with Gasteiger partial charge in [0.25, 0.3) is 0 Å². The van der Waals surface area contributed by atoms with Crippen LogP contribution in [0.2, 0.25) is 0 Å². The lowest BCUT2D eigenvalue weighted by atomic mass is 9.82. The lowest BCUT2D eigenvalue weighted by molar-refractivity contribution is 0.0721. The molecule has 0 aromatic heterocycles. The van der Waals surface area contributed by atoms with E-state index >= 15 is 0 Å². The molecule has 2 unspecified atom stereocenters. The van der Waals surface area contributed by atoms with E-state index in [4.69, 9.17) is 0 Å². The number of nitrogens with one attached hydrogen (secondary N) is 1. The van der Waals surface area contributed by atoms with Crippen LogP contribution in [0.25, 0.3) is 0 Å². The van der Waals surface area contributed by atoms with Crippen LogP contribution in [-0.2, 0) is 0 Å². The maximum absolute atomic E-state index is 3.67. The summed E-state index contributed by atoms with van der Waals surface area (Å²) in [5.41, 5.74) is 2.06. The van der Waals surface area contributed by atoms with Gasteiger partial charge in [0.15, 0.2) is 0 Å². The van der Waals surface area contributed by atoms with Gasteiger partial charge in [0.2, 0.25) is 0 Å². The Bertz CT molecular complexity index is 436. The van der Waals surface area contributed by atoms with Gasteiger partial charge in [-0.3, -0.25) is 4.90 Å². The average molecular weight is 286 g/mol. The number of piperazine rings is 1. The van der Waals surface area contributed by atoms with Crippen molar-refractivity contribution in [2.24, 2.45) is 5.41 Å². The first-order chi connectivity index (χ1) is 10.2. The highest BCUT2D eigenvalue weighted by Crippen LogP contribution is 2.43. The molecule has 2 aliphatic rings. The molecule has 3 rings (SSSR count). The number of nitrogens with zero attached hydrogens (tertiary/aromatic N) is 1. The van der Waals surface area contributed by atoms with Gasteiger partial charge < -0.3 is 5.32 Å². The molecule has 1 saturated heterocycles. The zero-order chi connectivity index (χ0) is 14.7. The summed E-state index contributed by atoms with van der Waals surface area (Å²) in [6.45, 7) is 8.28. The Hall–Kier alpha value is -0.860. The fourth-order valence-electron chi connectivity index (χ4n) is 4.34. The zero-order valence-electron chi connectivity index (χ0n) is 13.6. The molecule has 1 aromatic carbocycles. The first-order valence-electron chi connectivity index (χ1n) is 8.75. The Morgan fingerprint density at radius 2 is 1.90 bits per heavy atom. The van der Waals surface area contributed by atoms with E-state index in [-0.39, 0.29) is 0 Å². The molecule has 1 aliphatic heterocycles. The number of hydrogen-bond acceptors (Lipinski definition) is 2. The smallest absolute Gasteiger partial charge is 0.0473 e. The largest absolute Gasteiger partial charge is 0.311 e. The standard InChI is InChI=1S/C19H30N2/c1-3-19(11-7-8-12-19)15-21-14-16(2)20-13-18(21)17-9-5-4-6-10-17/h4-6,9-10,16,18,20H,3,7-8,11-15H2,1-2H3. The van der Waals surface area contributed by atoms with E-state index in [1.165, 1.54) is 50.8 Å². The lowest BCUT2D eigenvalue weighted by Crippen LogP contribution is -2.53. The van der Waals surface area contributed by atoms with Crippen molar-refractivity contribution in [2.45, 2.75) is 58.0 Å². The molecule has 1 aromatic rings. The predicted molar refractivity (Wildman–Crippen MR) is 89.4 cm³/mol. The third kappa shape index (κ3) is 3.32. The molecular formula is C19H30N2. The number of hydrogen-bond donors (Lipinski definition) is 1. The molecule has 1 saturated carbocycles. The topological polar surface area (TPSA) is 15.3 Å². The minimum atomic E-state index is 0.548. The van der Waals surface area contributed by atoms with E-state index in [1.54, 1.807) is 0 Å². The van der Waals surface area contributed by atoms with Gasteiger partial charge in [0, 0.05) is 31.7 Å². The molecule has 116 valence electrons. The van der Waals surface area contributed by atoms with Crippen LogP contribution in [0.15, 0.2) is 30.3 Å². The highest BCUT2D eigenvalue weighted by molar-refractivity contribution is 5.20. The minimum Gasteiger partial charge on any atom is -0.311 e. The zero-order valence-corrected chi connectivity index (χ0v) is 13.6. The summed E-state index contributed by atoms with van der Waals surface area (Å²) >= 11 is 0. The molecule has 0 bridgehead atoms. The summed E-state index contributed by atoms with van der Waals surface area (Å²) in [5.74, 6) is 0. The van der Waals surface area contributed by atoms with Crippen molar-refractivity contribution in [1.82, 2.24) is 10.2 Å². The van der Waals surface area contributed by atoms with E-state index in [0.717, 1.165) is 6.54 Å². The highest BCUT2D eigenvalue weighted by Gasteiger charge is 2.37. The van der Waals surface area contributed by atoms with E-state index in [1.807, 2.05) is 0 Å². The van der Waals surface area contributed by atoms with Crippen LogP contribution in [0.3, 0.4) is 0 Å². The molecule has 2 atom stereocenters. The minimum absolute atomic E-state index is 0.548. The third-order valence-corrected chi connectivity index (χ3v) is 5.75. The number of benzene rings is 1. The quantitative estimate of drug-likeness (QED) is 0.900. The summed E-state index contributed by atoms with van der Waals surface area (Å²) < 4.78 is 0. The second kappa shape index (κ2) is 6.50. The molecule has 1 heterocycles. The molecule has 1 aliphatic carbocycles. The van der Waals surface area contributed by atoms with Crippen molar-refractivity contribution >= 4 is 0 Å². The van der Waals surface area contributed by atoms with Crippen LogP contribution >= 0.6 is 0 Å². The SMILES string of the molecule is CCC1(CN2CC(C)NCC2c2ccccc2)CCCC1. The highest BCUT2D eigenvalue weighted by atomic mass is 15.2. The van der Waals surface area contributed by atoms with E-state index in [9.17, 15) is 0 Å².